The van der Waals surface area contributed by atoms with Gasteiger partial charge in [-0.15, -0.1) is 0 Å². The van der Waals surface area contributed by atoms with Crippen LogP contribution in [0, 0.1) is 5.41 Å². The van der Waals surface area contributed by atoms with Crippen molar-refractivity contribution in [2.45, 2.75) is 46.6 Å². The van der Waals surface area contributed by atoms with Crippen molar-refractivity contribution in [3.05, 3.63) is 77.9 Å². The van der Waals surface area contributed by atoms with Crippen LogP contribution < -0.4 is 4.74 Å². The molecule has 0 spiro atoms. The Labute approximate surface area is 163 Å². The molecule has 0 bridgehead atoms. The maximum atomic E-state index is 5.97. The first kappa shape index (κ1) is 19.4. The number of benzene rings is 3. The Balaban J connectivity index is 1.78. The Hall–Kier alpha value is -2.32. The molecule has 0 fully saturated rings. The normalized spacial score (nSPS) is 12.9. The molecule has 2 nitrogen and oxygen atoms in total. The van der Waals surface area contributed by atoms with Gasteiger partial charge in [-0.25, -0.2) is 0 Å². The highest BCUT2D eigenvalue weighted by atomic mass is 16.7. The van der Waals surface area contributed by atoms with Crippen LogP contribution in [-0.2, 0) is 11.3 Å². The number of rotatable bonds is 7. The van der Waals surface area contributed by atoms with Crippen molar-refractivity contribution in [2.24, 2.45) is 5.41 Å². The lowest BCUT2D eigenvalue weighted by Gasteiger charge is -2.31. The highest BCUT2D eigenvalue weighted by molar-refractivity contribution is 5.91. The molecule has 27 heavy (non-hydrogen) atoms. The average molecular weight is 363 g/mol. The van der Waals surface area contributed by atoms with E-state index >= 15 is 0 Å². The van der Waals surface area contributed by atoms with E-state index in [1.54, 1.807) is 0 Å². The maximum absolute atomic E-state index is 5.97. The van der Waals surface area contributed by atoms with Crippen molar-refractivity contribution < 1.29 is 9.47 Å². The number of hydrogen-bond acceptors (Lipinski definition) is 2. The summed E-state index contributed by atoms with van der Waals surface area (Å²) in [6, 6.07) is 23.0. The van der Waals surface area contributed by atoms with Gasteiger partial charge in [-0.1, -0.05) is 88.4 Å². The molecule has 0 aliphatic carbocycles. The summed E-state index contributed by atoms with van der Waals surface area (Å²) in [7, 11) is 0. The highest BCUT2D eigenvalue weighted by Gasteiger charge is 2.26. The van der Waals surface area contributed by atoms with Crippen LogP contribution >= 0.6 is 0 Å². The van der Waals surface area contributed by atoms with E-state index in [-0.39, 0.29) is 12.2 Å². The van der Waals surface area contributed by atoms with Gasteiger partial charge >= 0.3 is 0 Å². The summed E-state index contributed by atoms with van der Waals surface area (Å²) in [6.45, 7) is 10.0. The zero-order valence-corrected chi connectivity index (χ0v) is 16.9. The monoisotopic (exact) mass is 362 g/mol. The van der Waals surface area contributed by atoms with E-state index < -0.39 is 0 Å². The van der Waals surface area contributed by atoms with Gasteiger partial charge in [-0.2, -0.15) is 0 Å². The molecule has 0 aliphatic rings. The molecular weight excluding hydrogens is 332 g/mol. The number of hydrogen-bond donors (Lipinski definition) is 0. The van der Waals surface area contributed by atoms with Crippen molar-refractivity contribution >= 4 is 10.8 Å². The van der Waals surface area contributed by atoms with Crippen LogP contribution in [0.2, 0.25) is 0 Å². The van der Waals surface area contributed by atoms with E-state index in [9.17, 15) is 0 Å². The molecule has 3 rings (SSSR count). The van der Waals surface area contributed by atoms with Gasteiger partial charge in [0.05, 0.1) is 6.61 Å². The Morgan fingerprint density at radius 1 is 0.815 bits per heavy atom. The van der Waals surface area contributed by atoms with E-state index in [4.69, 9.17) is 9.47 Å². The molecular formula is C25H30O2. The second kappa shape index (κ2) is 8.58. The summed E-state index contributed by atoms with van der Waals surface area (Å²) in [4.78, 5) is 0. The number of ether oxygens (including phenoxy) is 2. The molecule has 0 N–H and O–H groups in total. The van der Waals surface area contributed by atoms with Crippen molar-refractivity contribution in [1.29, 1.82) is 0 Å². The largest absolute Gasteiger partial charge is 0.467 e. The molecule has 0 aromatic heterocycles. The standard InChI is InChI=1S/C25H30O2/c1-5-23(25(2,3)4)21-15-16-24(22-14-10-9-13-20(21)22)27-18-26-17-19-11-7-6-8-12-19/h6-16,23H,5,17-18H2,1-4H3. The predicted molar refractivity (Wildman–Crippen MR) is 113 cm³/mol. The fourth-order valence-electron chi connectivity index (χ4n) is 3.86. The van der Waals surface area contributed by atoms with Crippen LogP contribution in [0.1, 0.15) is 51.2 Å². The first-order valence-corrected chi connectivity index (χ1v) is 9.77. The van der Waals surface area contributed by atoms with Gasteiger partial charge in [0, 0.05) is 5.39 Å². The molecule has 0 saturated heterocycles. The van der Waals surface area contributed by atoms with Crippen LogP contribution in [0.25, 0.3) is 10.8 Å². The van der Waals surface area contributed by atoms with Crippen LogP contribution in [0.15, 0.2) is 66.7 Å². The molecule has 1 atom stereocenters. The zero-order valence-electron chi connectivity index (χ0n) is 16.9. The summed E-state index contributed by atoms with van der Waals surface area (Å²) in [5.74, 6) is 1.39. The van der Waals surface area contributed by atoms with Gasteiger partial charge in [0.2, 0.25) is 0 Å². The molecule has 0 heterocycles. The van der Waals surface area contributed by atoms with Crippen LogP contribution in [0.3, 0.4) is 0 Å². The van der Waals surface area contributed by atoms with Crippen LogP contribution in [0.4, 0.5) is 0 Å². The second-order valence-corrected chi connectivity index (χ2v) is 8.12. The third kappa shape index (κ3) is 4.70. The molecule has 0 aliphatic heterocycles. The molecule has 0 saturated carbocycles. The van der Waals surface area contributed by atoms with Crippen LogP contribution in [-0.4, -0.2) is 6.79 Å². The Kier molecular flexibility index (Phi) is 6.18. The molecule has 3 aromatic rings. The van der Waals surface area contributed by atoms with Gasteiger partial charge in [0.1, 0.15) is 5.75 Å². The summed E-state index contributed by atoms with van der Waals surface area (Å²) in [6.07, 6.45) is 1.12. The summed E-state index contributed by atoms with van der Waals surface area (Å²) >= 11 is 0. The fourth-order valence-corrected chi connectivity index (χ4v) is 3.86. The second-order valence-electron chi connectivity index (χ2n) is 8.12. The molecule has 0 amide bonds. The summed E-state index contributed by atoms with van der Waals surface area (Å²) in [5, 5.41) is 2.43. The van der Waals surface area contributed by atoms with Gasteiger partial charge in [-0.3, -0.25) is 0 Å². The third-order valence-corrected chi connectivity index (χ3v) is 5.16. The minimum absolute atomic E-state index is 0.221. The van der Waals surface area contributed by atoms with Crippen molar-refractivity contribution in [3.63, 3.8) is 0 Å². The first-order chi connectivity index (χ1) is 13.0. The highest BCUT2D eigenvalue weighted by Crippen LogP contribution is 2.42. The molecule has 2 heteroatoms. The zero-order chi connectivity index (χ0) is 19.3. The quantitative estimate of drug-likeness (QED) is 0.335. The van der Waals surface area contributed by atoms with Gasteiger partial charge in [0.25, 0.3) is 0 Å². The minimum atomic E-state index is 0.221. The molecule has 142 valence electrons. The maximum Gasteiger partial charge on any atom is 0.189 e. The Morgan fingerprint density at radius 3 is 2.15 bits per heavy atom. The van der Waals surface area contributed by atoms with Gasteiger partial charge in [0.15, 0.2) is 6.79 Å². The van der Waals surface area contributed by atoms with Gasteiger partial charge < -0.3 is 9.47 Å². The van der Waals surface area contributed by atoms with E-state index in [0.29, 0.717) is 12.5 Å². The molecule has 1 unspecified atom stereocenters. The fraction of sp³-hybridized carbons (Fsp3) is 0.360. The van der Waals surface area contributed by atoms with Crippen molar-refractivity contribution in [3.8, 4) is 5.75 Å². The minimum Gasteiger partial charge on any atom is -0.467 e. The molecule has 3 aromatic carbocycles. The topological polar surface area (TPSA) is 18.5 Å². The lowest BCUT2D eigenvalue weighted by atomic mass is 9.74. The summed E-state index contributed by atoms with van der Waals surface area (Å²) in [5.41, 5.74) is 2.77. The van der Waals surface area contributed by atoms with Crippen LogP contribution in [0.5, 0.6) is 5.75 Å². The molecule has 0 radical (unpaired) electrons. The first-order valence-electron chi connectivity index (χ1n) is 9.77. The van der Waals surface area contributed by atoms with E-state index in [1.807, 2.05) is 18.2 Å². The number of fused-ring (bicyclic) bond motifs is 1. The average Bonchev–Trinajstić information content (AvgIpc) is 2.66. The predicted octanol–water partition coefficient (Wildman–Crippen LogP) is 6.93. The van der Waals surface area contributed by atoms with E-state index in [2.05, 4.69) is 76.2 Å². The Morgan fingerprint density at radius 2 is 1.48 bits per heavy atom. The smallest absolute Gasteiger partial charge is 0.189 e. The Bertz CT molecular complexity index is 862. The SMILES string of the molecule is CCC(c1ccc(OCOCc2ccccc2)c2ccccc12)C(C)(C)C. The summed E-state index contributed by atoms with van der Waals surface area (Å²) < 4.78 is 11.7. The van der Waals surface area contributed by atoms with Crippen molar-refractivity contribution in [2.75, 3.05) is 6.79 Å². The third-order valence-electron chi connectivity index (χ3n) is 5.16. The van der Waals surface area contributed by atoms with Crippen molar-refractivity contribution in [1.82, 2.24) is 0 Å². The lowest BCUT2D eigenvalue weighted by Crippen LogP contribution is -2.18. The van der Waals surface area contributed by atoms with E-state index in [0.717, 1.165) is 23.1 Å². The van der Waals surface area contributed by atoms with E-state index in [1.165, 1.54) is 10.9 Å². The van der Waals surface area contributed by atoms with Gasteiger partial charge in [-0.05, 0) is 40.3 Å². The lowest BCUT2D eigenvalue weighted by molar-refractivity contribution is 0.00588.